The fraction of sp³-hybridized carbons (Fsp3) is 0.455. The average molecular weight is 165 g/mol. The lowest BCUT2D eigenvalue weighted by molar-refractivity contribution is 0.507. The van der Waals surface area contributed by atoms with Crippen molar-refractivity contribution in [3.8, 4) is 0 Å². The van der Waals surface area contributed by atoms with Crippen LogP contribution in [-0.4, -0.2) is 12.6 Å². The van der Waals surface area contributed by atoms with E-state index in [1.54, 1.807) is 0 Å². The molecule has 0 aliphatic rings. The normalized spacial score (nSPS) is 13.8. The van der Waals surface area contributed by atoms with E-state index in [-0.39, 0.29) is 5.54 Å². The molecule has 68 valence electrons. The fourth-order valence-electron chi connectivity index (χ4n) is 0.876. The van der Waals surface area contributed by atoms with Crippen LogP contribution in [0.15, 0.2) is 36.5 Å². The van der Waals surface area contributed by atoms with E-state index in [9.17, 15) is 0 Å². The van der Waals surface area contributed by atoms with E-state index in [1.165, 1.54) is 5.57 Å². The maximum atomic E-state index is 3.79. The van der Waals surface area contributed by atoms with Crippen molar-refractivity contribution in [3.63, 3.8) is 0 Å². The van der Waals surface area contributed by atoms with Crippen molar-refractivity contribution in [2.45, 2.75) is 26.3 Å². The van der Waals surface area contributed by atoms with Gasteiger partial charge in [0.25, 0.3) is 0 Å². The van der Waals surface area contributed by atoms with Crippen molar-refractivity contribution in [1.29, 1.82) is 0 Å². The minimum atomic E-state index is 0.00125. The highest BCUT2D eigenvalue weighted by molar-refractivity contribution is 5.31. The first kappa shape index (κ1) is 11.2. The first-order valence-electron chi connectivity index (χ1n) is 4.23. The molecular formula is C11H19N. The highest BCUT2D eigenvalue weighted by Gasteiger charge is 2.16. The summed E-state index contributed by atoms with van der Waals surface area (Å²) < 4.78 is 0. The Hall–Kier alpha value is -0.820. The van der Waals surface area contributed by atoms with Gasteiger partial charge in [-0.05, 0) is 33.4 Å². The molecule has 0 radical (unpaired) electrons. The molecule has 0 saturated heterocycles. The van der Waals surface area contributed by atoms with Crippen LogP contribution in [0.3, 0.4) is 0 Å². The van der Waals surface area contributed by atoms with Gasteiger partial charge in [0.1, 0.15) is 0 Å². The quantitative estimate of drug-likeness (QED) is 0.631. The highest BCUT2D eigenvalue weighted by atomic mass is 14.9. The fourth-order valence-corrected chi connectivity index (χ4v) is 0.876. The smallest absolute Gasteiger partial charge is 0.0374 e. The summed E-state index contributed by atoms with van der Waals surface area (Å²) in [5, 5.41) is 3.23. The van der Waals surface area contributed by atoms with Crippen LogP contribution in [-0.2, 0) is 0 Å². The number of allylic oxidation sites excluding steroid dienone is 3. The molecule has 0 spiro atoms. The summed E-state index contributed by atoms with van der Waals surface area (Å²) in [5.41, 5.74) is 1.20. The van der Waals surface area contributed by atoms with Gasteiger partial charge < -0.3 is 5.32 Å². The van der Waals surface area contributed by atoms with Gasteiger partial charge in [0.15, 0.2) is 0 Å². The molecule has 0 rings (SSSR count). The summed E-state index contributed by atoms with van der Waals surface area (Å²) in [6.07, 6.45) is 7.99. The Labute approximate surface area is 75.9 Å². The molecule has 0 bridgehead atoms. The minimum absolute atomic E-state index is 0.00125. The van der Waals surface area contributed by atoms with E-state index >= 15 is 0 Å². The van der Waals surface area contributed by atoms with Gasteiger partial charge in [0.2, 0.25) is 0 Å². The molecule has 0 saturated carbocycles. The summed E-state index contributed by atoms with van der Waals surface area (Å²) in [7, 11) is 1.95. The van der Waals surface area contributed by atoms with E-state index in [0.717, 1.165) is 0 Å². The van der Waals surface area contributed by atoms with Gasteiger partial charge in [0.05, 0.1) is 0 Å². The molecule has 1 nitrogen and oxygen atoms in total. The Morgan fingerprint density at radius 2 is 2.00 bits per heavy atom. The first-order valence-corrected chi connectivity index (χ1v) is 4.23. The molecule has 0 aliphatic heterocycles. The van der Waals surface area contributed by atoms with Crippen LogP contribution in [0, 0.1) is 0 Å². The predicted molar refractivity (Wildman–Crippen MR) is 56.2 cm³/mol. The molecule has 0 amide bonds. The van der Waals surface area contributed by atoms with E-state index in [1.807, 2.05) is 32.2 Å². The highest BCUT2D eigenvalue weighted by Crippen LogP contribution is 2.15. The molecule has 0 aromatic rings. The largest absolute Gasteiger partial charge is 0.311 e. The lowest BCUT2D eigenvalue weighted by Gasteiger charge is -2.25. The molecule has 1 N–H and O–H groups in total. The van der Waals surface area contributed by atoms with E-state index in [2.05, 4.69) is 31.8 Å². The van der Waals surface area contributed by atoms with E-state index < -0.39 is 0 Å². The zero-order valence-corrected chi connectivity index (χ0v) is 8.52. The van der Waals surface area contributed by atoms with Crippen LogP contribution in [0.5, 0.6) is 0 Å². The molecule has 0 unspecified atom stereocenters. The van der Waals surface area contributed by atoms with Crippen molar-refractivity contribution in [2.24, 2.45) is 0 Å². The van der Waals surface area contributed by atoms with Gasteiger partial charge in [-0.3, -0.25) is 0 Å². The Balaban J connectivity index is 4.65. The second-order valence-electron chi connectivity index (χ2n) is 3.23. The molecular weight excluding hydrogens is 146 g/mol. The Morgan fingerprint density at radius 1 is 1.42 bits per heavy atom. The molecule has 0 heterocycles. The summed E-state index contributed by atoms with van der Waals surface area (Å²) in [6, 6.07) is 0. The zero-order chi connectivity index (χ0) is 9.61. The second kappa shape index (κ2) is 4.94. The number of rotatable bonds is 4. The number of likely N-dealkylation sites (N-methyl/N-ethyl adjacent to an activating group) is 1. The minimum Gasteiger partial charge on any atom is -0.311 e. The van der Waals surface area contributed by atoms with E-state index in [0.29, 0.717) is 0 Å². The van der Waals surface area contributed by atoms with Crippen LogP contribution in [0.2, 0.25) is 0 Å². The van der Waals surface area contributed by atoms with Gasteiger partial charge in [-0.15, -0.1) is 0 Å². The summed E-state index contributed by atoms with van der Waals surface area (Å²) in [6.45, 7) is 10.0. The maximum absolute atomic E-state index is 3.79. The maximum Gasteiger partial charge on any atom is 0.0374 e. The van der Waals surface area contributed by atoms with Crippen LogP contribution in [0.1, 0.15) is 20.8 Å². The lowest BCUT2D eigenvalue weighted by atomic mass is 9.94. The second-order valence-corrected chi connectivity index (χ2v) is 3.23. The number of nitrogens with one attached hydrogen (secondary N) is 1. The van der Waals surface area contributed by atoms with Gasteiger partial charge in [-0.2, -0.15) is 0 Å². The summed E-state index contributed by atoms with van der Waals surface area (Å²) in [5.74, 6) is 0. The summed E-state index contributed by atoms with van der Waals surface area (Å²) >= 11 is 0. The first-order chi connectivity index (χ1) is 5.58. The average Bonchev–Trinajstić information content (AvgIpc) is 2.05. The Morgan fingerprint density at radius 3 is 2.33 bits per heavy atom. The van der Waals surface area contributed by atoms with Crippen molar-refractivity contribution >= 4 is 0 Å². The SMILES string of the molecule is C=C/C(=C\C=C/C)C(C)(C)NC. The van der Waals surface area contributed by atoms with Crippen molar-refractivity contribution in [2.75, 3.05) is 7.05 Å². The van der Waals surface area contributed by atoms with Gasteiger partial charge in [-0.1, -0.05) is 30.9 Å². The molecule has 0 aliphatic carbocycles. The molecule has 0 atom stereocenters. The van der Waals surface area contributed by atoms with Crippen molar-refractivity contribution in [3.05, 3.63) is 36.5 Å². The third-order valence-corrected chi connectivity index (χ3v) is 2.03. The van der Waals surface area contributed by atoms with Crippen LogP contribution in [0.25, 0.3) is 0 Å². The van der Waals surface area contributed by atoms with Gasteiger partial charge in [-0.25, -0.2) is 0 Å². The monoisotopic (exact) mass is 165 g/mol. The molecule has 0 aromatic heterocycles. The third-order valence-electron chi connectivity index (χ3n) is 2.03. The van der Waals surface area contributed by atoms with Crippen molar-refractivity contribution < 1.29 is 0 Å². The molecule has 1 heteroatoms. The Bertz CT molecular complexity index is 197. The topological polar surface area (TPSA) is 12.0 Å². The molecule has 12 heavy (non-hydrogen) atoms. The standard InChI is InChI=1S/C11H19N/c1-6-8-9-10(7-2)11(3,4)12-5/h6-9,12H,2H2,1,3-5H3/b8-6-,10-9+. The van der Waals surface area contributed by atoms with Crippen molar-refractivity contribution in [1.82, 2.24) is 5.32 Å². The summed E-state index contributed by atoms with van der Waals surface area (Å²) in [4.78, 5) is 0. The number of hydrogen-bond acceptors (Lipinski definition) is 1. The van der Waals surface area contributed by atoms with Crippen LogP contribution >= 0.6 is 0 Å². The molecule has 0 aromatic carbocycles. The van der Waals surface area contributed by atoms with Crippen LogP contribution in [0.4, 0.5) is 0 Å². The predicted octanol–water partition coefficient (Wildman–Crippen LogP) is 2.67. The van der Waals surface area contributed by atoms with E-state index in [4.69, 9.17) is 0 Å². The Kier molecular flexibility index (Phi) is 4.60. The zero-order valence-electron chi connectivity index (χ0n) is 8.52. The molecule has 0 fully saturated rings. The van der Waals surface area contributed by atoms with Crippen LogP contribution < -0.4 is 5.32 Å². The van der Waals surface area contributed by atoms with Gasteiger partial charge >= 0.3 is 0 Å². The number of hydrogen-bond donors (Lipinski definition) is 1. The van der Waals surface area contributed by atoms with Gasteiger partial charge in [0, 0.05) is 5.54 Å². The third kappa shape index (κ3) is 3.05. The lowest BCUT2D eigenvalue weighted by Crippen LogP contribution is -2.37.